The zero-order valence-electron chi connectivity index (χ0n) is 10.9. The van der Waals surface area contributed by atoms with Crippen LogP contribution in [0.15, 0.2) is 24.3 Å². The molecule has 0 spiro atoms. The van der Waals surface area contributed by atoms with Crippen molar-refractivity contribution in [2.24, 2.45) is 0 Å². The average Bonchev–Trinajstić information content (AvgIpc) is 2.72. The number of nitrogens with zero attached hydrogens (tertiary/aromatic N) is 1. The van der Waals surface area contributed by atoms with E-state index in [1.165, 1.54) is 0 Å². The van der Waals surface area contributed by atoms with Crippen LogP contribution in [0, 0.1) is 0 Å². The molecule has 1 aromatic carbocycles. The van der Waals surface area contributed by atoms with Crippen LogP contribution in [0.5, 0.6) is 0 Å². The van der Waals surface area contributed by atoms with Crippen LogP contribution in [0.1, 0.15) is 25.8 Å². The molecule has 1 aromatic rings. The number of ether oxygens (including phenoxy) is 1. The van der Waals surface area contributed by atoms with E-state index in [0.717, 1.165) is 24.2 Å². The normalized spacial score (nSPS) is 19.6. The number of nitrogens with two attached hydrogens (primary N) is 1. The van der Waals surface area contributed by atoms with E-state index in [0.29, 0.717) is 12.6 Å². The zero-order chi connectivity index (χ0) is 13.1. The van der Waals surface area contributed by atoms with Gasteiger partial charge in [-0.05, 0) is 31.5 Å². The van der Waals surface area contributed by atoms with Gasteiger partial charge in [-0.3, -0.25) is 9.69 Å². The van der Waals surface area contributed by atoms with Crippen molar-refractivity contribution < 1.29 is 9.53 Å². The third kappa shape index (κ3) is 2.82. The van der Waals surface area contributed by atoms with Gasteiger partial charge in [0.25, 0.3) is 0 Å². The second kappa shape index (κ2) is 5.40. The summed E-state index contributed by atoms with van der Waals surface area (Å²) in [5.41, 5.74) is 7.66. The number of hydrogen-bond donors (Lipinski definition) is 1. The standard InChI is InChI=1S/C14H20N2O2/c1-10(2)16(13-6-7-18-14(13)17)9-11-4-3-5-12(15)8-11/h3-5,8,10,13H,6-7,9,15H2,1-2H3. The van der Waals surface area contributed by atoms with Gasteiger partial charge < -0.3 is 10.5 Å². The fourth-order valence-electron chi connectivity index (χ4n) is 2.34. The van der Waals surface area contributed by atoms with E-state index < -0.39 is 0 Å². The second-order valence-corrected chi connectivity index (χ2v) is 4.98. The quantitative estimate of drug-likeness (QED) is 0.652. The van der Waals surface area contributed by atoms with Crippen LogP contribution in [0.4, 0.5) is 5.69 Å². The second-order valence-electron chi connectivity index (χ2n) is 4.98. The van der Waals surface area contributed by atoms with Crippen molar-refractivity contribution in [3.8, 4) is 0 Å². The lowest BCUT2D eigenvalue weighted by molar-refractivity contribution is -0.143. The van der Waals surface area contributed by atoms with Gasteiger partial charge in [0, 0.05) is 24.7 Å². The molecule has 4 nitrogen and oxygen atoms in total. The summed E-state index contributed by atoms with van der Waals surface area (Å²) in [5, 5.41) is 0. The molecule has 0 saturated carbocycles. The molecule has 98 valence electrons. The van der Waals surface area contributed by atoms with Crippen molar-refractivity contribution in [1.82, 2.24) is 4.90 Å². The third-order valence-corrected chi connectivity index (χ3v) is 3.29. The first-order valence-corrected chi connectivity index (χ1v) is 6.34. The molecule has 18 heavy (non-hydrogen) atoms. The first-order valence-electron chi connectivity index (χ1n) is 6.34. The molecule has 0 aliphatic carbocycles. The minimum absolute atomic E-state index is 0.104. The summed E-state index contributed by atoms with van der Waals surface area (Å²) >= 11 is 0. The van der Waals surface area contributed by atoms with Crippen LogP contribution in [-0.2, 0) is 16.1 Å². The van der Waals surface area contributed by atoms with Crippen molar-refractivity contribution in [2.45, 2.75) is 38.9 Å². The third-order valence-electron chi connectivity index (χ3n) is 3.29. The highest BCUT2D eigenvalue weighted by atomic mass is 16.5. The Morgan fingerprint density at radius 1 is 1.50 bits per heavy atom. The maximum absolute atomic E-state index is 11.7. The van der Waals surface area contributed by atoms with Crippen molar-refractivity contribution in [3.63, 3.8) is 0 Å². The molecular weight excluding hydrogens is 228 g/mol. The Labute approximate surface area is 108 Å². The molecule has 1 aliphatic rings. The molecule has 1 heterocycles. The van der Waals surface area contributed by atoms with E-state index in [4.69, 9.17) is 10.5 Å². The number of carbonyl (C=O) groups excluding carboxylic acids is 1. The van der Waals surface area contributed by atoms with E-state index in [9.17, 15) is 4.79 Å². The summed E-state index contributed by atoms with van der Waals surface area (Å²) in [6, 6.07) is 7.97. The van der Waals surface area contributed by atoms with E-state index >= 15 is 0 Å². The van der Waals surface area contributed by atoms with E-state index in [-0.39, 0.29) is 12.0 Å². The molecule has 1 unspecified atom stereocenters. The van der Waals surface area contributed by atoms with Gasteiger partial charge in [-0.15, -0.1) is 0 Å². The van der Waals surface area contributed by atoms with Gasteiger partial charge in [0.1, 0.15) is 6.04 Å². The first kappa shape index (κ1) is 12.9. The molecule has 0 bridgehead atoms. The molecule has 1 atom stereocenters. The Bertz CT molecular complexity index is 432. The molecule has 2 rings (SSSR count). The van der Waals surface area contributed by atoms with Crippen LogP contribution >= 0.6 is 0 Å². The van der Waals surface area contributed by atoms with Crippen molar-refractivity contribution in [3.05, 3.63) is 29.8 Å². The van der Waals surface area contributed by atoms with Gasteiger partial charge in [-0.2, -0.15) is 0 Å². The summed E-state index contributed by atoms with van der Waals surface area (Å²) in [6.07, 6.45) is 0.777. The van der Waals surface area contributed by atoms with Gasteiger partial charge in [-0.25, -0.2) is 0 Å². The summed E-state index contributed by atoms with van der Waals surface area (Å²) < 4.78 is 5.05. The minimum atomic E-state index is -0.119. The van der Waals surface area contributed by atoms with Crippen LogP contribution in [0.3, 0.4) is 0 Å². The fraction of sp³-hybridized carbons (Fsp3) is 0.500. The molecule has 0 amide bonds. The SMILES string of the molecule is CC(C)N(Cc1cccc(N)c1)C1CCOC1=O. The Hall–Kier alpha value is -1.55. The van der Waals surface area contributed by atoms with Crippen molar-refractivity contribution in [1.29, 1.82) is 0 Å². The fourth-order valence-corrected chi connectivity index (χ4v) is 2.34. The first-order chi connectivity index (χ1) is 8.58. The Kier molecular flexibility index (Phi) is 3.87. The lowest BCUT2D eigenvalue weighted by atomic mass is 10.1. The lowest BCUT2D eigenvalue weighted by Gasteiger charge is -2.30. The smallest absolute Gasteiger partial charge is 0.323 e. The number of cyclic esters (lactones) is 1. The van der Waals surface area contributed by atoms with E-state index in [2.05, 4.69) is 18.7 Å². The average molecular weight is 248 g/mol. The van der Waals surface area contributed by atoms with Crippen LogP contribution in [-0.4, -0.2) is 29.6 Å². The van der Waals surface area contributed by atoms with E-state index in [1.807, 2.05) is 24.3 Å². The molecule has 0 aromatic heterocycles. The Morgan fingerprint density at radius 3 is 2.83 bits per heavy atom. The minimum Gasteiger partial charge on any atom is -0.464 e. The summed E-state index contributed by atoms with van der Waals surface area (Å²) in [6.45, 7) is 5.45. The number of benzene rings is 1. The monoisotopic (exact) mass is 248 g/mol. The zero-order valence-corrected chi connectivity index (χ0v) is 10.9. The van der Waals surface area contributed by atoms with Gasteiger partial charge in [0.15, 0.2) is 0 Å². The van der Waals surface area contributed by atoms with Crippen molar-refractivity contribution in [2.75, 3.05) is 12.3 Å². The topological polar surface area (TPSA) is 55.6 Å². The molecule has 0 radical (unpaired) electrons. The lowest BCUT2D eigenvalue weighted by Crippen LogP contribution is -2.42. The predicted octanol–water partition coefficient (Wildman–Crippen LogP) is 1.79. The summed E-state index contributed by atoms with van der Waals surface area (Å²) in [7, 11) is 0. The largest absolute Gasteiger partial charge is 0.464 e. The molecular formula is C14H20N2O2. The summed E-state index contributed by atoms with van der Waals surface area (Å²) in [5.74, 6) is -0.104. The van der Waals surface area contributed by atoms with Gasteiger partial charge in [-0.1, -0.05) is 12.1 Å². The highest BCUT2D eigenvalue weighted by molar-refractivity contribution is 5.77. The van der Waals surface area contributed by atoms with E-state index in [1.54, 1.807) is 0 Å². The number of anilines is 1. The van der Waals surface area contributed by atoms with Crippen LogP contribution in [0.2, 0.25) is 0 Å². The van der Waals surface area contributed by atoms with Gasteiger partial charge >= 0.3 is 5.97 Å². The highest BCUT2D eigenvalue weighted by Gasteiger charge is 2.33. The highest BCUT2D eigenvalue weighted by Crippen LogP contribution is 2.20. The molecule has 2 N–H and O–H groups in total. The van der Waals surface area contributed by atoms with Crippen LogP contribution < -0.4 is 5.73 Å². The predicted molar refractivity (Wildman–Crippen MR) is 70.9 cm³/mol. The maximum Gasteiger partial charge on any atom is 0.323 e. The number of rotatable bonds is 4. The number of esters is 1. The maximum atomic E-state index is 11.7. The molecule has 4 heteroatoms. The molecule has 1 fully saturated rings. The Balaban J connectivity index is 2.14. The number of nitrogen functional groups attached to an aromatic ring is 1. The summed E-state index contributed by atoms with van der Waals surface area (Å²) in [4.78, 5) is 13.9. The Morgan fingerprint density at radius 2 is 2.28 bits per heavy atom. The molecule has 1 saturated heterocycles. The number of hydrogen-bond acceptors (Lipinski definition) is 4. The number of carbonyl (C=O) groups is 1. The van der Waals surface area contributed by atoms with Gasteiger partial charge in [0.2, 0.25) is 0 Å². The van der Waals surface area contributed by atoms with Crippen LogP contribution in [0.25, 0.3) is 0 Å². The van der Waals surface area contributed by atoms with Gasteiger partial charge in [0.05, 0.1) is 6.61 Å². The van der Waals surface area contributed by atoms with Crippen molar-refractivity contribution >= 4 is 11.7 Å². The molecule has 1 aliphatic heterocycles.